The summed E-state index contributed by atoms with van der Waals surface area (Å²) >= 11 is 14.2. The van der Waals surface area contributed by atoms with Gasteiger partial charge in [-0.15, -0.1) is 11.3 Å². The molecule has 0 aliphatic carbocycles. The normalized spacial score (nSPS) is 18.8. The summed E-state index contributed by atoms with van der Waals surface area (Å²) < 4.78 is 28.7. The average molecular weight is 729 g/mol. The van der Waals surface area contributed by atoms with Crippen LogP contribution in [-0.2, 0) is 22.4 Å². The summed E-state index contributed by atoms with van der Waals surface area (Å²) in [4.78, 5) is 39.7. The fourth-order valence-corrected chi connectivity index (χ4v) is 7.70. The first-order valence-corrected chi connectivity index (χ1v) is 17.4. The summed E-state index contributed by atoms with van der Waals surface area (Å²) in [6.07, 6.45) is 5.59. The molecule has 258 valence electrons. The number of aromatic nitrogens is 2. The monoisotopic (exact) mass is 727 g/mol. The van der Waals surface area contributed by atoms with Crippen LogP contribution in [0.1, 0.15) is 44.6 Å². The number of carbonyl (C=O) groups excluding carboxylic acids is 2. The quantitative estimate of drug-likeness (QED) is 0.148. The first kappa shape index (κ1) is 34.8. The summed E-state index contributed by atoms with van der Waals surface area (Å²) in [6.45, 7) is 2.92. The van der Waals surface area contributed by atoms with E-state index >= 15 is 0 Å². The number of aromatic amines is 1. The van der Waals surface area contributed by atoms with Gasteiger partial charge in [-0.1, -0.05) is 29.3 Å². The van der Waals surface area contributed by atoms with Gasteiger partial charge in [-0.2, -0.15) is 0 Å². The molecular weight excluding hydrogens is 691 g/mol. The third-order valence-electron chi connectivity index (χ3n) is 8.90. The molecule has 3 fully saturated rings. The number of nitrogens with one attached hydrogen (secondary N) is 1. The molecule has 1 amide bonds. The van der Waals surface area contributed by atoms with Gasteiger partial charge in [-0.3, -0.25) is 9.80 Å². The van der Waals surface area contributed by atoms with Crippen molar-refractivity contribution in [1.82, 2.24) is 9.88 Å². The molecule has 0 saturated carbocycles. The van der Waals surface area contributed by atoms with Crippen LogP contribution in [0.25, 0.3) is 0 Å². The molecule has 0 unspecified atom stereocenters. The lowest BCUT2D eigenvalue weighted by atomic mass is 9.86. The Morgan fingerprint density at radius 2 is 1.78 bits per heavy atom. The minimum Gasteiger partial charge on any atom is -0.493 e. The SMILES string of the molecule is COc1ccc([C@H](Cc2c(Cl)c[nH+]cc2Cl)OC(=O)c2ccc(CN(C(=O)O[C@H]3CN4CCC3CC4)c3cccnc3OC)s2)cc1OC. The van der Waals surface area contributed by atoms with Crippen LogP contribution in [0.4, 0.5) is 10.5 Å². The molecule has 11 nitrogen and oxygen atoms in total. The number of fused-ring (bicyclic) bond motifs is 3. The molecule has 0 spiro atoms. The van der Waals surface area contributed by atoms with Crippen LogP contribution in [0.15, 0.2) is 61.1 Å². The van der Waals surface area contributed by atoms with E-state index in [1.54, 1.807) is 68.2 Å². The van der Waals surface area contributed by atoms with Gasteiger partial charge in [0.15, 0.2) is 23.9 Å². The second kappa shape index (κ2) is 15.6. The number of nitrogens with zero attached hydrogens (tertiary/aromatic N) is 3. The molecule has 3 saturated heterocycles. The lowest BCUT2D eigenvalue weighted by molar-refractivity contribution is -0.377. The smallest absolute Gasteiger partial charge is 0.415 e. The first-order valence-electron chi connectivity index (χ1n) is 15.8. The Hall–Kier alpha value is -4.10. The summed E-state index contributed by atoms with van der Waals surface area (Å²) in [5, 5.41) is 0.812. The Morgan fingerprint density at radius 3 is 2.45 bits per heavy atom. The third kappa shape index (κ3) is 7.88. The van der Waals surface area contributed by atoms with Gasteiger partial charge in [0, 0.05) is 29.6 Å². The zero-order valence-electron chi connectivity index (χ0n) is 27.3. The fraction of sp³-hybridized carbons (Fsp3) is 0.371. The second-order valence-corrected chi connectivity index (χ2v) is 13.8. The van der Waals surface area contributed by atoms with E-state index < -0.39 is 18.2 Å². The minimum absolute atomic E-state index is 0.130. The van der Waals surface area contributed by atoms with Crippen LogP contribution in [-0.4, -0.2) is 69.0 Å². The number of thiophene rings is 1. The van der Waals surface area contributed by atoms with Gasteiger partial charge in [0.05, 0.1) is 27.9 Å². The minimum atomic E-state index is -0.775. The van der Waals surface area contributed by atoms with E-state index in [9.17, 15) is 9.59 Å². The van der Waals surface area contributed by atoms with Crippen molar-refractivity contribution in [3.63, 3.8) is 0 Å². The molecule has 7 rings (SSSR count). The number of esters is 1. The first-order chi connectivity index (χ1) is 23.8. The number of hydrogen-bond acceptors (Lipinski definition) is 10. The van der Waals surface area contributed by atoms with E-state index in [0.29, 0.717) is 49.2 Å². The number of carbonyl (C=O) groups is 2. The number of halogens is 2. The average Bonchev–Trinajstić information content (AvgIpc) is 3.61. The van der Waals surface area contributed by atoms with Crippen molar-refractivity contribution in [2.45, 2.75) is 38.0 Å². The highest BCUT2D eigenvalue weighted by atomic mass is 35.5. The highest BCUT2D eigenvalue weighted by molar-refractivity contribution is 7.14. The van der Waals surface area contributed by atoms with Gasteiger partial charge in [-0.05, 0) is 73.8 Å². The predicted molar refractivity (Wildman–Crippen MR) is 185 cm³/mol. The molecule has 3 aliphatic rings. The Morgan fingerprint density at radius 1 is 1.02 bits per heavy atom. The maximum absolute atomic E-state index is 13.8. The Kier molecular flexibility index (Phi) is 11.1. The number of ether oxygens (including phenoxy) is 5. The molecule has 3 aromatic heterocycles. The Balaban J connectivity index is 1.24. The van der Waals surface area contributed by atoms with Gasteiger partial charge in [-0.25, -0.2) is 19.6 Å². The van der Waals surface area contributed by atoms with E-state index in [-0.39, 0.29) is 24.9 Å². The number of benzene rings is 1. The van der Waals surface area contributed by atoms with Crippen molar-refractivity contribution in [2.24, 2.45) is 5.92 Å². The second-order valence-electron chi connectivity index (χ2n) is 11.8. The zero-order valence-corrected chi connectivity index (χ0v) is 29.6. The number of amides is 1. The van der Waals surface area contributed by atoms with Crippen LogP contribution in [0.5, 0.6) is 17.4 Å². The van der Waals surface area contributed by atoms with Crippen molar-refractivity contribution in [3.05, 3.63) is 92.0 Å². The van der Waals surface area contributed by atoms with Crippen LogP contribution in [0.2, 0.25) is 10.0 Å². The van der Waals surface area contributed by atoms with E-state index in [1.165, 1.54) is 30.5 Å². The predicted octanol–water partition coefficient (Wildman–Crippen LogP) is 6.67. The molecule has 3 aliphatic heterocycles. The topological polar surface area (TPSA) is 114 Å². The van der Waals surface area contributed by atoms with Crippen LogP contribution in [0.3, 0.4) is 0 Å². The van der Waals surface area contributed by atoms with Gasteiger partial charge in [0.25, 0.3) is 0 Å². The lowest BCUT2D eigenvalue weighted by Gasteiger charge is -2.44. The summed E-state index contributed by atoms with van der Waals surface area (Å²) in [7, 11) is 4.59. The van der Waals surface area contributed by atoms with Crippen LogP contribution < -0.4 is 24.1 Å². The number of hydrogen-bond donors (Lipinski definition) is 0. The highest BCUT2D eigenvalue weighted by Gasteiger charge is 2.38. The van der Waals surface area contributed by atoms with Crippen molar-refractivity contribution >= 4 is 52.3 Å². The van der Waals surface area contributed by atoms with E-state index in [4.69, 9.17) is 46.9 Å². The summed E-state index contributed by atoms with van der Waals surface area (Å²) in [5.41, 5.74) is 1.74. The number of piperidine rings is 3. The number of anilines is 1. The Labute approximate surface area is 298 Å². The molecule has 49 heavy (non-hydrogen) atoms. The summed E-state index contributed by atoms with van der Waals surface area (Å²) in [6, 6.07) is 12.3. The van der Waals surface area contributed by atoms with E-state index in [2.05, 4.69) is 14.9 Å². The molecule has 2 bridgehead atoms. The van der Waals surface area contributed by atoms with Crippen molar-refractivity contribution in [3.8, 4) is 17.4 Å². The van der Waals surface area contributed by atoms with Crippen molar-refractivity contribution in [1.29, 1.82) is 0 Å². The van der Waals surface area contributed by atoms with Gasteiger partial charge < -0.3 is 23.7 Å². The number of H-pyrrole nitrogens is 1. The van der Waals surface area contributed by atoms with Crippen molar-refractivity contribution < 1.29 is 38.3 Å². The molecule has 0 radical (unpaired) electrons. The molecular formula is C35H37Cl2N4O7S+. The molecule has 2 atom stereocenters. The zero-order chi connectivity index (χ0) is 34.5. The molecule has 4 aromatic rings. The standard InChI is InChI=1S/C35H36Cl2N4O7S/c1-44-28-8-6-22(15-30(28)45-2)29(16-24-25(36)17-38-18-26(24)37)47-34(42)32-9-7-23(49-32)19-41(27-5-4-12-39-33(27)46-3)35(43)48-31-20-40-13-10-21(31)11-14-40/h4-9,12,15,17-18,21,29,31H,10-11,13-14,16,19-20H2,1-3H3/p+1/t29-,31-/m0/s1. The number of pyridine rings is 2. The largest absolute Gasteiger partial charge is 0.493 e. The molecule has 14 heteroatoms. The van der Waals surface area contributed by atoms with Crippen LogP contribution in [0, 0.1) is 5.92 Å². The molecule has 1 aromatic carbocycles. The highest BCUT2D eigenvalue weighted by Crippen LogP contribution is 2.37. The maximum Gasteiger partial charge on any atom is 0.415 e. The van der Waals surface area contributed by atoms with Gasteiger partial charge in [0.1, 0.15) is 32.8 Å². The van der Waals surface area contributed by atoms with Crippen LogP contribution >= 0.6 is 34.5 Å². The number of methoxy groups -OCH3 is 3. The number of rotatable bonds is 12. The Bertz CT molecular complexity index is 1780. The van der Waals surface area contributed by atoms with Gasteiger partial charge >= 0.3 is 12.1 Å². The molecule has 1 N–H and O–H groups in total. The van der Waals surface area contributed by atoms with E-state index in [1.807, 2.05) is 0 Å². The van der Waals surface area contributed by atoms with Crippen molar-refractivity contribution in [2.75, 3.05) is 45.9 Å². The third-order valence-corrected chi connectivity index (χ3v) is 10.6. The fourth-order valence-electron chi connectivity index (χ4n) is 6.28. The lowest BCUT2D eigenvalue weighted by Crippen LogP contribution is -2.53. The van der Waals surface area contributed by atoms with Gasteiger partial charge in [0.2, 0.25) is 5.88 Å². The maximum atomic E-state index is 13.8. The summed E-state index contributed by atoms with van der Waals surface area (Å²) in [5.74, 6) is 1.09. The van der Waals surface area contributed by atoms with E-state index in [0.717, 1.165) is 37.4 Å². The molecule has 6 heterocycles.